The zero-order chi connectivity index (χ0) is 18.5. The molecule has 1 aromatic heterocycles. The van der Waals surface area contributed by atoms with Crippen LogP contribution in [0, 0.1) is 17.2 Å². The molecule has 136 valence electrons. The van der Waals surface area contributed by atoms with Gasteiger partial charge in [0, 0.05) is 23.5 Å². The van der Waals surface area contributed by atoms with Gasteiger partial charge in [-0.25, -0.2) is 0 Å². The van der Waals surface area contributed by atoms with Gasteiger partial charge >= 0.3 is 0 Å². The van der Waals surface area contributed by atoms with Gasteiger partial charge in [-0.3, -0.25) is 9.59 Å². The Labute approximate surface area is 153 Å². The average molecular weight is 352 g/mol. The molecular weight excluding hydrogens is 328 g/mol. The summed E-state index contributed by atoms with van der Waals surface area (Å²) in [5, 5.41) is 15.4. The number of nitriles is 1. The Morgan fingerprint density at radius 3 is 2.81 bits per heavy atom. The van der Waals surface area contributed by atoms with Crippen LogP contribution in [0.3, 0.4) is 0 Å². The summed E-state index contributed by atoms with van der Waals surface area (Å²) >= 11 is 0. The molecule has 2 atom stereocenters. The SMILES string of the molecule is CCn1c(C(=O)N[C@H]2CCCC[C@H]2C(=O)NCC#N)cc2ccccc21. The predicted molar refractivity (Wildman–Crippen MR) is 99.4 cm³/mol. The molecule has 1 fully saturated rings. The summed E-state index contributed by atoms with van der Waals surface area (Å²) in [5.74, 6) is -0.568. The summed E-state index contributed by atoms with van der Waals surface area (Å²) in [6, 6.07) is 11.6. The normalized spacial score (nSPS) is 19.7. The van der Waals surface area contributed by atoms with Crippen LogP contribution < -0.4 is 10.6 Å². The van der Waals surface area contributed by atoms with Gasteiger partial charge in [0.2, 0.25) is 5.91 Å². The molecule has 0 unspecified atom stereocenters. The van der Waals surface area contributed by atoms with Crippen LogP contribution in [0.25, 0.3) is 10.9 Å². The quantitative estimate of drug-likeness (QED) is 0.811. The van der Waals surface area contributed by atoms with E-state index in [1.807, 2.05) is 47.9 Å². The van der Waals surface area contributed by atoms with Crippen molar-refractivity contribution >= 4 is 22.7 Å². The highest BCUT2D eigenvalue weighted by atomic mass is 16.2. The van der Waals surface area contributed by atoms with Gasteiger partial charge in [0.15, 0.2) is 0 Å². The highest BCUT2D eigenvalue weighted by molar-refractivity contribution is 5.99. The molecule has 0 spiro atoms. The van der Waals surface area contributed by atoms with Crippen LogP contribution in [0.5, 0.6) is 0 Å². The van der Waals surface area contributed by atoms with Gasteiger partial charge in [-0.05, 0) is 31.9 Å². The van der Waals surface area contributed by atoms with Crippen molar-refractivity contribution < 1.29 is 9.59 Å². The fourth-order valence-electron chi connectivity index (χ4n) is 3.86. The van der Waals surface area contributed by atoms with Crippen LogP contribution in [0.2, 0.25) is 0 Å². The van der Waals surface area contributed by atoms with Crippen molar-refractivity contribution in [1.29, 1.82) is 5.26 Å². The molecule has 6 heteroatoms. The van der Waals surface area contributed by atoms with Crippen molar-refractivity contribution in [3.63, 3.8) is 0 Å². The smallest absolute Gasteiger partial charge is 0.268 e. The third kappa shape index (κ3) is 3.57. The van der Waals surface area contributed by atoms with E-state index in [-0.39, 0.29) is 30.3 Å². The number of amides is 2. The van der Waals surface area contributed by atoms with E-state index in [2.05, 4.69) is 10.6 Å². The van der Waals surface area contributed by atoms with Crippen molar-refractivity contribution in [3.05, 3.63) is 36.0 Å². The van der Waals surface area contributed by atoms with Crippen LogP contribution >= 0.6 is 0 Å². The number of para-hydroxylation sites is 1. The van der Waals surface area contributed by atoms with Gasteiger partial charge in [-0.1, -0.05) is 31.0 Å². The number of nitrogens with zero attached hydrogens (tertiary/aromatic N) is 2. The minimum Gasteiger partial charge on any atom is -0.347 e. The highest BCUT2D eigenvalue weighted by Gasteiger charge is 2.32. The summed E-state index contributed by atoms with van der Waals surface area (Å²) in [4.78, 5) is 25.3. The lowest BCUT2D eigenvalue weighted by Crippen LogP contribution is -2.48. The second kappa shape index (κ2) is 8.05. The first-order valence-electron chi connectivity index (χ1n) is 9.19. The second-order valence-corrected chi connectivity index (χ2v) is 6.68. The monoisotopic (exact) mass is 352 g/mol. The van der Waals surface area contributed by atoms with Crippen molar-refractivity contribution in [1.82, 2.24) is 15.2 Å². The number of carbonyl (C=O) groups excluding carboxylic acids is 2. The molecule has 1 aliphatic rings. The maximum absolute atomic E-state index is 12.9. The molecule has 1 aliphatic carbocycles. The fourth-order valence-corrected chi connectivity index (χ4v) is 3.86. The van der Waals surface area contributed by atoms with Crippen molar-refractivity contribution in [3.8, 4) is 6.07 Å². The number of carbonyl (C=O) groups is 2. The lowest BCUT2D eigenvalue weighted by molar-refractivity contribution is -0.126. The van der Waals surface area contributed by atoms with Gasteiger partial charge < -0.3 is 15.2 Å². The largest absolute Gasteiger partial charge is 0.347 e. The molecule has 1 aromatic carbocycles. The first-order chi connectivity index (χ1) is 12.7. The van der Waals surface area contributed by atoms with Crippen LogP contribution in [0.1, 0.15) is 43.1 Å². The first-order valence-corrected chi connectivity index (χ1v) is 9.19. The van der Waals surface area contributed by atoms with E-state index in [1.165, 1.54) is 0 Å². The molecule has 1 heterocycles. The van der Waals surface area contributed by atoms with Gasteiger partial charge in [-0.2, -0.15) is 5.26 Å². The van der Waals surface area contributed by atoms with Gasteiger partial charge in [-0.15, -0.1) is 0 Å². The van der Waals surface area contributed by atoms with E-state index in [0.29, 0.717) is 12.2 Å². The van der Waals surface area contributed by atoms with Crippen LogP contribution in [0.15, 0.2) is 30.3 Å². The van der Waals surface area contributed by atoms with E-state index in [0.717, 1.165) is 36.6 Å². The van der Waals surface area contributed by atoms with Crippen LogP contribution in [-0.4, -0.2) is 29.0 Å². The Morgan fingerprint density at radius 1 is 1.27 bits per heavy atom. The standard InChI is InChI=1S/C20H24N4O2/c1-2-24-17-10-6-3-7-14(17)13-18(24)20(26)23-16-9-5-4-8-15(16)19(25)22-12-11-21/h3,6-7,10,13,15-16H,2,4-5,8-9,12H2,1H3,(H,22,25)(H,23,26)/t15-,16+/m1/s1. The number of rotatable bonds is 5. The lowest BCUT2D eigenvalue weighted by Gasteiger charge is -2.31. The third-order valence-electron chi connectivity index (χ3n) is 5.12. The second-order valence-electron chi connectivity index (χ2n) is 6.68. The Bertz CT molecular complexity index is 849. The van der Waals surface area contributed by atoms with E-state index in [1.54, 1.807) is 0 Å². The summed E-state index contributed by atoms with van der Waals surface area (Å²) in [6.45, 7) is 2.72. The topological polar surface area (TPSA) is 86.9 Å². The third-order valence-corrected chi connectivity index (χ3v) is 5.12. The molecule has 0 bridgehead atoms. The van der Waals surface area contributed by atoms with E-state index >= 15 is 0 Å². The van der Waals surface area contributed by atoms with Crippen LogP contribution in [0.4, 0.5) is 0 Å². The Kier molecular flexibility index (Phi) is 5.57. The van der Waals surface area contributed by atoms with Crippen molar-refractivity contribution in [2.75, 3.05) is 6.54 Å². The first kappa shape index (κ1) is 18.0. The van der Waals surface area contributed by atoms with E-state index in [4.69, 9.17) is 5.26 Å². The number of hydrogen-bond donors (Lipinski definition) is 2. The molecule has 0 radical (unpaired) electrons. The fraction of sp³-hybridized carbons (Fsp3) is 0.450. The number of aryl methyl sites for hydroxylation is 1. The Morgan fingerprint density at radius 2 is 2.04 bits per heavy atom. The molecule has 0 saturated heterocycles. The zero-order valence-corrected chi connectivity index (χ0v) is 15.0. The maximum Gasteiger partial charge on any atom is 0.268 e. The maximum atomic E-state index is 12.9. The number of hydrogen-bond acceptors (Lipinski definition) is 3. The molecule has 2 N–H and O–H groups in total. The molecule has 2 amide bonds. The van der Waals surface area contributed by atoms with Gasteiger partial charge in [0.25, 0.3) is 5.91 Å². The number of aromatic nitrogens is 1. The minimum atomic E-state index is -0.277. The predicted octanol–water partition coefficient (Wildman–Crippen LogP) is 2.59. The molecule has 0 aliphatic heterocycles. The highest BCUT2D eigenvalue weighted by Crippen LogP contribution is 2.26. The molecule has 1 saturated carbocycles. The Balaban J connectivity index is 1.80. The lowest BCUT2D eigenvalue weighted by atomic mass is 9.83. The van der Waals surface area contributed by atoms with Crippen molar-refractivity contribution in [2.45, 2.75) is 45.2 Å². The Hall–Kier alpha value is -2.81. The molecule has 26 heavy (non-hydrogen) atoms. The molecular formula is C20H24N4O2. The summed E-state index contributed by atoms with van der Waals surface area (Å²) in [6.07, 6.45) is 3.47. The minimum absolute atomic E-state index is 0.0000739. The molecule has 2 aromatic rings. The zero-order valence-electron chi connectivity index (χ0n) is 15.0. The number of benzene rings is 1. The van der Waals surface area contributed by atoms with E-state index in [9.17, 15) is 9.59 Å². The molecule has 6 nitrogen and oxygen atoms in total. The van der Waals surface area contributed by atoms with Crippen LogP contribution in [-0.2, 0) is 11.3 Å². The molecule has 3 rings (SSSR count). The number of nitrogens with one attached hydrogen (secondary N) is 2. The number of fused-ring (bicyclic) bond motifs is 1. The summed E-state index contributed by atoms with van der Waals surface area (Å²) < 4.78 is 2.00. The van der Waals surface area contributed by atoms with Gasteiger partial charge in [0.1, 0.15) is 12.2 Å². The van der Waals surface area contributed by atoms with Crippen molar-refractivity contribution in [2.24, 2.45) is 5.92 Å². The van der Waals surface area contributed by atoms with E-state index < -0.39 is 0 Å². The summed E-state index contributed by atoms with van der Waals surface area (Å²) in [5.41, 5.74) is 1.66. The summed E-state index contributed by atoms with van der Waals surface area (Å²) in [7, 11) is 0. The average Bonchev–Trinajstić information content (AvgIpc) is 3.05. The van der Waals surface area contributed by atoms with Gasteiger partial charge in [0.05, 0.1) is 12.0 Å².